The van der Waals surface area contributed by atoms with Gasteiger partial charge in [-0.25, -0.2) is 14.8 Å². The average molecular weight is 544 g/mol. The first-order valence-electron chi connectivity index (χ1n) is 11.0. The second kappa shape index (κ2) is 9.70. The third-order valence-corrected chi connectivity index (χ3v) is 6.11. The molecule has 2 bridgehead atoms. The van der Waals surface area contributed by atoms with Gasteiger partial charge in [0.05, 0.1) is 30.7 Å². The van der Waals surface area contributed by atoms with Gasteiger partial charge in [0, 0.05) is 30.1 Å². The number of alkyl halides is 5. The van der Waals surface area contributed by atoms with Crippen LogP contribution in [-0.2, 0) is 14.9 Å². The molecule has 5 heterocycles. The quantitative estimate of drug-likeness (QED) is 0.446. The van der Waals surface area contributed by atoms with E-state index in [0.717, 1.165) is 18.5 Å². The summed E-state index contributed by atoms with van der Waals surface area (Å²) in [7, 11) is 1.41. The molecule has 204 valence electrons. The van der Waals surface area contributed by atoms with Crippen LogP contribution < -0.4 is 14.8 Å². The van der Waals surface area contributed by atoms with Crippen LogP contribution in [0.25, 0.3) is 5.65 Å². The minimum Gasteiger partial charge on any atom is -0.480 e. The summed E-state index contributed by atoms with van der Waals surface area (Å²) in [6.07, 6.45) is 1.47. The Bertz CT molecular complexity index is 1370. The molecular weight excluding hydrogens is 523 g/mol. The predicted octanol–water partition coefficient (Wildman–Crippen LogP) is 4.05. The van der Waals surface area contributed by atoms with Gasteiger partial charge in [-0.1, -0.05) is 0 Å². The van der Waals surface area contributed by atoms with Gasteiger partial charge in [-0.3, -0.25) is 4.79 Å². The number of carboxylic acids is 1. The number of carbonyl (C=O) groups is 2. The zero-order valence-electron chi connectivity index (χ0n) is 19.9. The van der Waals surface area contributed by atoms with Crippen LogP contribution >= 0.6 is 0 Å². The number of ether oxygens (including phenoxy) is 3. The molecular formula is C23H21F5N4O6. The number of amides is 1. The summed E-state index contributed by atoms with van der Waals surface area (Å²) in [5, 5.41) is 9.81. The Labute approximate surface area is 211 Å². The number of aromatic nitrogens is 3. The first-order valence-corrected chi connectivity index (χ1v) is 11.0. The van der Waals surface area contributed by atoms with Crippen molar-refractivity contribution in [1.82, 2.24) is 14.4 Å². The molecule has 0 spiro atoms. The molecule has 15 heteroatoms. The van der Waals surface area contributed by atoms with E-state index in [-0.39, 0.29) is 39.5 Å². The van der Waals surface area contributed by atoms with E-state index >= 15 is 0 Å². The first kappa shape index (κ1) is 27.0. The van der Waals surface area contributed by atoms with E-state index in [0.29, 0.717) is 6.61 Å². The van der Waals surface area contributed by atoms with Crippen molar-refractivity contribution in [2.75, 3.05) is 19.0 Å². The number of nitrogens with one attached hydrogen (secondary N) is 1. The molecule has 1 amide bonds. The summed E-state index contributed by atoms with van der Waals surface area (Å²) in [6, 6.07) is 4.48. The molecule has 0 radical (unpaired) electrons. The van der Waals surface area contributed by atoms with E-state index < -0.39 is 24.7 Å². The third-order valence-electron chi connectivity index (χ3n) is 6.11. The molecule has 2 aliphatic heterocycles. The Hall–Kier alpha value is -4.01. The number of hydrogen-bond acceptors (Lipinski definition) is 7. The second-order valence-electron chi connectivity index (χ2n) is 9.02. The Balaban J connectivity index is 0.000000426. The number of fused-ring (bicyclic) bond motifs is 2. The molecule has 3 aromatic rings. The number of methoxy groups -OCH3 is 1. The summed E-state index contributed by atoms with van der Waals surface area (Å²) in [5.74, 6) is -3.23. The highest BCUT2D eigenvalue weighted by atomic mass is 19.4. The van der Waals surface area contributed by atoms with Crippen molar-refractivity contribution in [3.63, 3.8) is 0 Å². The van der Waals surface area contributed by atoms with Gasteiger partial charge in [-0.05, 0) is 31.9 Å². The van der Waals surface area contributed by atoms with Crippen LogP contribution in [0.5, 0.6) is 11.6 Å². The normalized spacial score (nSPS) is 21.9. The number of carbonyl (C=O) groups excluding carboxylic acids is 1. The van der Waals surface area contributed by atoms with Crippen LogP contribution in [0, 0.1) is 0 Å². The Morgan fingerprint density at radius 3 is 2.50 bits per heavy atom. The summed E-state index contributed by atoms with van der Waals surface area (Å²) in [4.78, 5) is 30.2. The molecule has 38 heavy (non-hydrogen) atoms. The van der Waals surface area contributed by atoms with Gasteiger partial charge in [0.15, 0.2) is 11.4 Å². The molecule has 6 rings (SSSR count). The molecule has 3 aromatic heterocycles. The van der Waals surface area contributed by atoms with Crippen LogP contribution in [0.15, 0.2) is 36.8 Å². The summed E-state index contributed by atoms with van der Waals surface area (Å²) in [5.41, 5.74) is 1.14. The number of rotatable bonds is 6. The van der Waals surface area contributed by atoms with Gasteiger partial charge in [0.2, 0.25) is 5.88 Å². The Kier molecular flexibility index (Phi) is 6.90. The van der Waals surface area contributed by atoms with E-state index in [1.807, 2.05) is 0 Å². The Morgan fingerprint density at radius 2 is 1.95 bits per heavy atom. The van der Waals surface area contributed by atoms with Crippen LogP contribution in [0.4, 0.5) is 27.6 Å². The maximum atomic E-state index is 13.1. The van der Waals surface area contributed by atoms with E-state index in [4.69, 9.17) is 24.1 Å². The van der Waals surface area contributed by atoms with Crippen molar-refractivity contribution in [3.8, 4) is 11.6 Å². The van der Waals surface area contributed by atoms with Crippen LogP contribution in [-0.4, -0.2) is 63.5 Å². The van der Waals surface area contributed by atoms with Gasteiger partial charge in [-0.15, -0.1) is 0 Å². The van der Waals surface area contributed by atoms with E-state index in [9.17, 15) is 26.7 Å². The zero-order chi connectivity index (χ0) is 27.9. The third kappa shape index (κ3) is 5.32. The van der Waals surface area contributed by atoms with E-state index in [2.05, 4.69) is 22.2 Å². The van der Waals surface area contributed by atoms with Crippen molar-refractivity contribution in [2.24, 2.45) is 0 Å². The van der Waals surface area contributed by atoms with Crippen molar-refractivity contribution < 1.29 is 50.9 Å². The molecule has 0 aromatic carbocycles. The maximum absolute atomic E-state index is 13.1. The molecule has 0 atom stereocenters. The number of anilines is 1. The topological polar surface area (TPSA) is 124 Å². The monoisotopic (exact) mass is 544 g/mol. The molecule has 10 nitrogen and oxygen atoms in total. The van der Waals surface area contributed by atoms with Gasteiger partial charge in [0.25, 0.3) is 5.91 Å². The lowest BCUT2D eigenvalue weighted by Crippen LogP contribution is -2.45. The van der Waals surface area contributed by atoms with Gasteiger partial charge in [0.1, 0.15) is 5.56 Å². The van der Waals surface area contributed by atoms with Crippen LogP contribution in [0.1, 0.15) is 35.8 Å². The van der Waals surface area contributed by atoms with Crippen LogP contribution in [0.3, 0.4) is 0 Å². The van der Waals surface area contributed by atoms with Crippen LogP contribution in [0.2, 0.25) is 0 Å². The lowest BCUT2D eigenvalue weighted by molar-refractivity contribution is -0.192. The summed E-state index contributed by atoms with van der Waals surface area (Å²) in [6.45, 7) is -0.434. The fourth-order valence-electron chi connectivity index (χ4n) is 4.65. The number of imidazole rings is 1. The molecule has 2 saturated heterocycles. The number of nitrogens with zero attached hydrogens (tertiary/aromatic N) is 3. The Morgan fingerprint density at radius 1 is 1.26 bits per heavy atom. The number of halogens is 5. The highest BCUT2D eigenvalue weighted by molar-refractivity contribution is 6.05. The minimum atomic E-state index is -5.08. The van der Waals surface area contributed by atoms with Crippen molar-refractivity contribution in [2.45, 2.75) is 43.6 Å². The summed E-state index contributed by atoms with van der Waals surface area (Å²) < 4.78 is 75.1. The first-order chi connectivity index (χ1) is 17.7. The van der Waals surface area contributed by atoms with Gasteiger partial charge >= 0.3 is 18.8 Å². The van der Waals surface area contributed by atoms with E-state index in [1.54, 1.807) is 28.9 Å². The highest BCUT2D eigenvalue weighted by Gasteiger charge is 2.61. The fraction of sp³-hybridized carbons (Fsp3) is 0.391. The smallest absolute Gasteiger partial charge is 0.480 e. The lowest BCUT2D eigenvalue weighted by atomic mass is 9.62. The molecule has 3 fully saturated rings. The minimum absolute atomic E-state index is 0.130. The van der Waals surface area contributed by atoms with Gasteiger partial charge < -0.3 is 29.0 Å². The lowest BCUT2D eigenvalue weighted by Gasteiger charge is -2.41. The largest absolute Gasteiger partial charge is 0.490 e. The number of pyridine rings is 2. The second-order valence-corrected chi connectivity index (χ2v) is 9.02. The molecule has 0 unspecified atom stereocenters. The molecule has 2 N–H and O–H groups in total. The zero-order valence-corrected chi connectivity index (χ0v) is 19.9. The predicted molar refractivity (Wildman–Crippen MR) is 120 cm³/mol. The molecule has 1 aliphatic carbocycles. The average Bonchev–Trinajstić information content (AvgIpc) is 3.49. The van der Waals surface area contributed by atoms with Crippen molar-refractivity contribution >= 4 is 23.2 Å². The standard InChI is InChI=1S/C21H20F2N4O4.C2HF3O2/c1-20-9-21(10-20,11-30-20)15-8-27-7-12(6-14(16(27)26-15)31-19(22)23)25-17(28)13-4-3-5-24-18(13)29-2;3-2(4,5)1(6)7/h3-8,19H,9-11H2,1-2H3,(H,25,28);(H,6,7). The molecule has 3 aliphatic rings. The maximum Gasteiger partial charge on any atom is 0.490 e. The fourth-order valence-corrected chi connectivity index (χ4v) is 4.65. The van der Waals surface area contributed by atoms with E-state index in [1.165, 1.54) is 19.4 Å². The summed E-state index contributed by atoms with van der Waals surface area (Å²) >= 11 is 0. The van der Waals surface area contributed by atoms with Crippen molar-refractivity contribution in [1.29, 1.82) is 0 Å². The highest BCUT2D eigenvalue weighted by Crippen LogP contribution is 2.58. The number of hydrogen-bond donors (Lipinski definition) is 2. The van der Waals surface area contributed by atoms with Gasteiger partial charge in [-0.2, -0.15) is 22.0 Å². The van der Waals surface area contributed by atoms with Crippen molar-refractivity contribution in [3.05, 3.63) is 48.0 Å². The number of carboxylic acid groups (broad SMARTS) is 1. The SMILES string of the molecule is COc1ncccc1C(=O)Nc1cc(OC(F)F)c2nc(C34COC(C)(C3)C4)cn2c1.O=C(O)C(F)(F)F. The number of aliphatic carboxylic acids is 1. The molecule has 1 saturated carbocycles.